The van der Waals surface area contributed by atoms with Crippen LogP contribution < -0.4 is 4.90 Å². The quantitative estimate of drug-likeness (QED) is 0.907. The van der Waals surface area contributed by atoms with Crippen molar-refractivity contribution in [1.29, 1.82) is 0 Å². The molecule has 2 heterocycles. The van der Waals surface area contributed by atoms with Crippen molar-refractivity contribution in [1.82, 2.24) is 4.90 Å². The lowest BCUT2D eigenvalue weighted by molar-refractivity contribution is -0.137. The second-order valence-electron chi connectivity index (χ2n) is 6.96. The van der Waals surface area contributed by atoms with E-state index in [0.717, 1.165) is 24.1 Å². The summed E-state index contributed by atoms with van der Waals surface area (Å²) in [6.07, 6.45) is 3.13. The topological polar surface area (TPSA) is 77.9 Å². The first-order valence-corrected chi connectivity index (χ1v) is 8.85. The Hall–Kier alpha value is -2.37. The number of hydrogen-bond donors (Lipinski definition) is 1. The van der Waals surface area contributed by atoms with Crippen molar-refractivity contribution in [3.63, 3.8) is 0 Å². The average Bonchev–Trinajstić information content (AvgIpc) is 2.99. The van der Waals surface area contributed by atoms with Gasteiger partial charge < -0.3 is 10.0 Å². The van der Waals surface area contributed by atoms with E-state index in [-0.39, 0.29) is 24.2 Å². The van der Waals surface area contributed by atoms with Crippen molar-refractivity contribution < 1.29 is 19.5 Å². The molecule has 0 aromatic heterocycles. The summed E-state index contributed by atoms with van der Waals surface area (Å²) in [5, 5.41) is 8.86. The summed E-state index contributed by atoms with van der Waals surface area (Å²) in [7, 11) is 0. The number of hydrogen-bond acceptors (Lipinski definition) is 3. The zero-order valence-electron chi connectivity index (χ0n) is 14.5. The van der Waals surface area contributed by atoms with E-state index >= 15 is 0 Å². The van der Waals surface area contributed by atoms with Crippen LogP contribution in [-0.4, -0.2) is 46.9 Å². The summed E-state index contributed by atoms with van der Waals surface area (Å²) in [5.41, 5.74) is 1.85. The number of carbonyl (C=O) groups excluding carboxylic acids is 2. The maximum Gasteiger partial charge on any atom is 0.303 e. The number of rotatable bonds is 4. The van der Waals surface area contributed by atoms with Crippen molar-refractivity contribution in [2.75, 3.05) is 18.0 Å². The van der Waals surface area contributed by atoms with Crippen LogP contribution in [0.3, 0.4) is 0 Å². The second-order valence-corrected chi connectivity index (χ2v) is 6.96. The average molecular weight is 344 g/mol. The van der Waals surface area contributed by atoms with Crippen LogP contribution in [0.5, 0.6) is 0 Å². The minimum atomic E-state index is -0.794. The van der Waals surface area contributed by atoms with E-state index in [1.165, 1.54) is 6.92 Å². The molecule has 1 fully saturated rings. The molecule has 2 atom stereocenters. The SMILES string of the molecule is CC(=O)N1c2ccccc2C[C@H]1C(=O)N1CCCC(CCC(=O)O)C1. The summed E-state index contributed by atoms with van der Waals surface area (Å²) < 4.78 is 0. The van der Waals surface area contributed by atoms with Gasteiger partial charge in [0.1, 0.15) is 6.04 Å². The third kappa shape index (κ3) is 3.67. The highest BCUT2D eigenvalue weighted by atomic mass is 16.4. The van der Waals surface area contributed by atoms with Crippen LogP contribution in [0, 0.1) is 5.92 Å². The number of carbonyl (C=O) groups is 3. The lowest BCUT2D eigenvalue weighted by Crippen LogP contribution is -2.51. The third-order valence-electron chi connectivity index (χ3n) is 5.20. The molecule has 6 nitrogen and oxygen atoms in total. The predicted molar refractivity (Wildman–Crippen MR) is 93.3 cm³/mol. The van der Waals surface area contributed by atoms with E-state index in [1.807, 2.05) is 29.2 Å². The smallest absolute Gasteiger partial charge is 0.303 e. The number of anilines is 1. The molecule has 2 aliphatic rings. The maximum absolute atomic E-state index is 13.1. The Morgan fingerprint density at radius 1 is 1.24 bits per heavy atom. The molecule has 2 amide bonds. The lowest BCUT2D eigenvalue weighted by atomic mass is 9.93. The molecule has 1 N–H and O–H groups in total. The molecule has 0 bridgehead atoms. The van der Waals surface area contributed by atoms with Crippen LogP contribution in [0.1, 0.15) is 38.2 Å². The molecule has 1 aromatic rings. The first-order valence-electron chi connectivity index (χ1n) is 8.85. The van der Waals surface area contributed by atoms with Crippen LogP contribution in [0.25, 0.3) is 0 Å². The molecule has 1 aromatic carbocycles. The van der Waals surface area contributed by atoms with E-state index in [9.17, 15) is 14.4 Å². The van der Waals surface area contributed by atoms with Gasteiger partial charge in [-0.1, -0.05) is 18.2 Å². The van der Waals surface area contributed by atoms with Gasteiger partial charge in [0, 0.05) is 38.5 Å². The Morgan fingerprint density at radius 3 is 2.72 bits per heavy atom. The number of carboxylic acid groups (broad SMARTS) is 1. The van der Waals surface area contributed by atoms with E-state index in [0.29, 0.717) is 25.9 Å². The molecule has 0 aliphatic carbocycles. The third-order valence-corrected chi connectivity index (χ3v) is 5.20. The van der Waals surface area contributed by atoms with Crippen molar-refractivity contribution in [2.45, 2.75) is 45.1 Å². The highest BCUT2D eigenvalue weighted by molar-refractivity contribution is 6.02. The largest absolute Gasteiger partial charge is 0.481 e. The molecule has 0 spiro atoms. The monoisotopic (exact) mass is 344 g/mol. The number of fused-ring (bicyclic) bond motifs is 1. The Morgan fingerprint density at radius 2 is 2.00 bits per heavy atom. The minimum Gasteiger partial charge on any atom is -0.481 e. The van der Waals surface area contributed by atoms with E-state index in [2.05, 4.69) is 0 Å². The number of nitrogens with zero attached hydrogens (tertiary/aromatic N) is 2. The molecule has 3 rings (SSSR count). The van der Waals surface area contributed by atoms with Gasteiger partial charge in [-0.3, -0.25) is 19.3 Å². The van der Waals surface area contributed by atoms with Gasteiger partial charge in [-0.2, -0.15) is 0 Å². The first kappa shape index (κ1) is 17.5. The number of piperidine rings is 1. The van der Waals surface area contributed by atoms with Crippen molar-refractivity contribution in [2.24, 2.45) is 5.92 Å². The number of likely N-dealkylation sites (tertiary alicyclic amines) is 1. The molecule has 1 unspecified atom stereocenters. The van der Waals surface area contributed by atoms with Gasteiger partial charge in [-0.25, -0.2) is 0 Å². The lowest BCUT2D eigenvalue weighted by Gasteiger charge is -2.36. The fourth-order valence-electron chi connectivity index (χ4n) is 4.01. The fourth-order valence-corrected chi connectivity index (χ4v) is 4.01. The van der Waals surface area contributed by atoms with Crippen LogP contribution in [-0.2, 0) is 20.8 Å². The molecular formula is C19H24N2O4. The van der Waals surface area contributed by atoms with Crippen LogP contribution >= 0.6 is 0 Å². The van der Waals surface area contributed by atoms with Gasteiger partial charge in [0.25, 0.3) is 0 Å². The molecule has 0 saturated carbocycles. The number of amides is 2. The summed E-state index contributed by atoms with van der Waals surface area (Å²) in [5.74, 6) is -0.713. The molecule has 2 aliphatic heterocycles. The van der Waals surface area contributed by atoms with Gasteiger partial charge in [0.2, 0.25) is 11.8 Å². The Balaban J connectivity index is 1.72. The van der Waals surface area contributed by atoms with Crippen molar-refractivity contribution in [3.8, 4) is 0 Å². The van der Waals surface area contributed by atoms with Gasteiger partial charge in [0.15, 0.2) is 0 Å². The number of carboxylic acids is 1. The van der Waals surface area contributed by atoms with Crippen molar-refractivity contribution in [3.05, 3.63) is 29.8 Å². The number of aliphatic carboxylic acids is 1. The number of para-hydroxylation sites is 1. The maximum atomic E-state index is 13.1. The normalized spacial score (nSPS) is 22.6. The molecule has 0 radical (unpaired) electrons. The molecular weight excluding hydrogens is 320 g/mol. The van der Waals surface area contributed by atoms with Crippen LogP contribution in [0.4, 0.5) is 5.69 Å². The molecule has 25 heavy (non-hydrogen) atoms. The Bertz CT molecular complexity index is 688. The van der Waals surface area contributed by atoms with E-state index in [4.69, 9.17) is 5.11 Å². The predicted octanol–water partition coefficient (Wildman–Crippen LogP) is 2.07. The highest BCUT2D eigenvalue weighted by Gasteiger charge is 2.39. The second kappa shape index (κ2) is 7.25. The van der Waals surface area contributed by atoms with E-state index in [1.54, 1.807) is 4.90 Å². The fraction of sp³-hybridized carbons (Fsp3) is 0.526. The van der Waals surface area contributed by atoms with Gasteiger partial charge in [0.05, 0.1) is 0 Å². The zero-order chi connectivity index (χ0) is 18.0. The summed E-state index contributed by atoms with van der Waals surface area (Å²) in [4.78, 5) is 39.4. The van der Waals surface area contributed by atoms with Crippen molar-refractivity contribution >= 4 is 23.5 Å². The molecule has 134 valence electrons. The summed E-state index contributed by atoms with van der Waals surface area (Å²) in [6, 6.07) is 7.17. The van der Waals surface area contributed by atoms with Gasteiger partial charge in [-0.05, 0) is 36.8 Å². The first-order chi connectivity index (χ1) is 12.0. The molecule has 1 saturated heterocycles. The van der Waals surface area contributed by atoms with Gasteiger partial charge >= 0.3 is 5.97 Å². The number of benzene rings is 1. The molecule has 6 heteroatoms. The van der Waals surface area contributed by atoms with Crippen LogP contribution in [0.2, 0.25) is 0 Å². The minimum absolute atomic E-state index is 0.0218. The summed E-state index contributed by atoms with van der Waals surface area (Å²) >= 11 is 0. The Kier molecular flexibility index (Phi) is 5.06. The Labute approximate surface area is 147 Å². The van der Waals surface area contributed by atoms with E-state index < -0.39 is 12.0 Å². The van der Waals surface area contributed by atoms with Gasteiger partial charge in [-0.15, -0.1) is 0 Å². The summed E-state index contributed by atoms with van der Waals surface area (Å²) in [6.45, 7) is 2.76. The highest BCUT2D eigenvalue weighted by Crippen LogP contribution is 2.33. The van der Waals surface area contributed by atoms with Crippen LogP contribution in [0.15, 0.2) is 24.3 Å². The zero-order valence-corrected chi connectivity index (χ0v) is 14.5. The standard InChI is InChI=1S/C19H24N2O4/c1-13(22)21-16-7-3-2-6-15(16)11-17(21)19(25)20-10-4-5-14(12-20)8-9-18(23)24/h2-3,6-7,14,17H,4-5,8-12H2,1H3,(H,23,24)/t14?,17-/m0/s1.